The SMILES string of the molecule is c1ccc(C[N+]23CCCN4CC[N+]5(Cc6ccccc6)CCCN(CC2)C5=C43)cc1. The molecule has 2 aromatic rings. The molecule has 0 amide bonds. The molecule has 2 unspecified atom stereocenters. The molecule has 6 rings (SSSR count). The van der Waals surface area contributed by atoms with E-state index in [2.05, 4.69) is 70.5 Å². The number of benzene rings is 2. The molecular weight excluding hydrogens is 368 g/mol. The fourth-order valence-corrected chi connectivity index (χ4v) is 6.69. The molecule has 0 radical (unpaired) electrons. The van der Waals surface area contributed by atoms with Gasteiger partial charge in [0.25, 0.3) is 11.6 Å². The minimum atomic E-state index is 1.15. The van der Waals surface area contributed by atoms with Crippen molar-refractivity contribution in [2.75, 3.05) is 52.4 Å². The van der Waals surface area contributed by atoms with E-state index in [0.29, 0.717) is 0 Å². The van der Waals surface area contributed by atoms with Crippen molar-refractivity contribution in [3.8, 4) is 0 Å². The topological polar surface area (TPSA) is 6.48 Å². The smallest absolute Gasteiger partial charge is 0.286 e. The van der Waals surface area contributed by atoms with E-state index in [1.54, 1.807) is 11.6 Å². The van der Waals surface area contributed by atoms with Gasteiger partial charge in [-0.2, -0.15) is 0 Å². The van der Waals surface area contributed by atoms with Crippen LogP contribution in [0.2, 0.25) is 0 Å². The molecule has 2 saturated heterocycles. The summed E-state index contributed by atoms with van der Waals surface area (Å²) in [5.74, 6) is 3.36. The minimum absolute atomic E-state index is 1.15. The zero-order valence-electron chi connectivity index (χ0n) is 18.0. The molecule has 4 nitrogen and oxygen atoms in total. The summed E-state index contributed by atoms with van der Waals surface area (Å²) in [6, 6.07) is 22.5. The fraction of sp³-hybridized carbons (Fsp3) is 0.462. The molecule has 0 aromatic heterocycles. The Balaban J connectivity index is 1.48. The van der Waals surface area contributed by atoms with Crippen molar-refractivity contribution >= 4 is 0 Å². The highest BCUT2D eigenvalue weighted by atomic mass is 15.6. The molecule has 0 N–H and O–H groups in total. The highest BCUT2D eigenvalue weighted by molar-refractivity contribution is 5.18. The predicted molar refractivity (Wildman–Crippen MR) is 120 cm³/mol. The van der Waals surface area contributed by atoms with Crippen molar-refractivity contribution in [1.82, 2.24) is 9.80 Å². The Kier molecular flexibility index (Phi) is 4.39. The van der Waals surface area contributed by atoms with Gasteiger partial charge in [0.05, 0.1) is 26.2 Å². The Bertz CT molecular complexity index is 863. The number of quaternary nitrogens is 2. The molecule has 4 heteroatoms. The van der Waals surface area contributed by atoms with Crippen LogP contribution in [0.4, 0.5) is 0 Å². The number of hydrogen-bond acceptors (Lipinski definition) is 2. The van der Waals surface area contributed by atoms with Gasteiger partial charge in [-0.05, 0) is 0 Å². The molecule has 2 aromatic carbocycles. The first-order chi connectivity index (χ1) is 14.8. The third-order valence-corrected chi connectivity index (χ3v) is 7.98. The van der Waals surface area contributed by atoms with E-state index in [0.717, 1.165) is 13.1 Å². The number of rotatable bonds is 4. The van der Waals surface area contributed by atoms with Gasteiger partial charge in [-0.1, -0.05) is 60.7 Å². The second-order valence-corrected chi connectivity index (χ2v) is 9.80. The highest BCUT2D eigenvalue weighted by Crippen LogP contribution is 2.45. The second-order valence-electron chi connectivity index (χ2n) is 9.80. The van der Waals surface area contributed by atoms with Crippen molar-refractivity contribution < 1.29 is 8.97 Å². The molecule has 2 atom stereocenters. The van der Waals surface area contributed by atoms with Crippen LogP contribution in [0.25, 0.3) is 0 Å². The zero-order chi connectivity index (χ0) is 20.0. The van der Waals surface area contributed by atoms with E-state index in [1.165, 1.54) is 85.3 Å². The van der Waals surface area contributed by atoms with Crippen LogP contribution >= 0.6 is 0 Å². The fourth-order valence-electron chi connectivity index (χ4n) is 6.69. The van der Waals surface area contributed by atoms with E-state index in [1.807, 2.05) is 0 Å². The quantitative estimate of drug-likeness (QED) is 0.721. The summed E-state index contributed by atoms with van der Waals surface area (Å²) in [6.07, 6.45) is 2.64. The summed E-state index contributed by atoms with van der Waals surface area (Å²) in [7, 11) is 0. The number of hydrogen-bond donors (Lipinski definition) is 0. The van der Waals surface area contributed by atoms with Gasteiger partial charge >= 0.3 is 0 Å². The molecule has 0 saturated carbocycles. The molecule has 0 spiro atoms. The van der Waals surface area contributed by atoms with E-state index in [9.17, 15) is 0 Å². The summed E-state index contributed by atoms with van der Waals surface area (Å²) >= 11 is 0. The van der Waals surface area contributed by atoms with Crippen molar-refractivity contribution in [3.63, 3.8) is 0 Å². The van der Waals surface area contributed by atoms with Gasteiger partial charge < -0.3 is 9.80 Å². The summed E-state index contributed by atoms with van der Waals surface area (Å²) < 4.78 is 2.34. The van der Waals surface area contributed by atoms with Crippen LogP contribution in [0.15, 0.2) is 72.3 Å². The van der Waals surface area contributed by atoms with E-state index in [4.69, 9.17) is 0 Å². The summed E-state index contributed by atoms with van der Waals surface area (Å²) in [6.45, 7) is 12.3. The normalized spacial score (nSPS) is 30.3. The largest absolute Gasteiger partial charge is 0.315 e. The molecule has 4 aliphatic heterocycles. The monoisotopic (exact) mass is 402 g/mol. The van der Waals surface area contributed by atoms with Gasteiger partial charge in [0.1, 0.15) is 26.2 Å². The second kappa shape index (κ2) is 7.14. The first-order valence-corrected chi connectivity index (χ1v) is 11.8. The van der Waals surface area contributed by atoms with Crippen LogP contribution in [0.1, 0.15) is 24.0 Å². The maximum atomic E-state index is 2.78. The standard InChI is InChI=1S/C26H34N4/c1-3-9-23(10-4-1)21-29-17-7-13-27-16-20-30(22-24-11-5-2-6-12-24)18-8-14-28(15-19-29)26(30)25(27)29/h1-6,9-12H,7-8,13-22H2/q+2. The van der Waals surface area contributed by atoms with Crippen molar-refractivity contribution in [3.05, 3.63) is 83.4 Å². The van der Waals surface area contributed by atoms with Gasteiger partial charge in [0.2, 0.25) is 0 Å². The van der Waals surface area contributed by atoms with Gasteiger partial charge in [0, 0.05) is 37.1 Å². The van der Waals surface area contributed by atoms with Crippen molar-refractivity contribution in [2.45, 2.75) is 25.9 Å². The minimum Gasteiger partial charge on any atom is -0.315 e. The van der Waals surface area contributed by atoms with Gasteiger partial charge in [-0.25, -0.2) is 0 Å². The lowest BCUT2D eigenvalue weighted by Gasteiger charge is -2.59. The molecule has 30 heavy (non-hydrogen) atoms. The molecule has 4 heterocycles. The van der Waals surface area contributed by atoms with Gasteiger partial charge in [-0.3, -0.25) is 8.97 Å². The molecule has 2 fully saturated rings. The van der Waals surface area contributed by atoms with E-state index in [-0.39, 0.29) is 0 Å². The van der Waals surface area contributed by atoms with Crippen LogP contribution in [0.3, 0.4) is 0 Å². The molecule has 156 valence electrons. The molecular formula is C26H34N4+2. The van der Waals surface area contributed by atoms with E-state index < -0.39 is 0 Å². The maximum absolute atomic E-state index is 2.78. The molecule has 4 aliphatic rings. The third-order valence-electron chi connectivity index (χ3n) is 7.98. The van der Waals surface area contributed by atoms with Crippen molar-refractivity contribution in [1.29, 1.82) is 0 Å². The van der Waals surface area contributed by atoms with Crippen molar-refractivity contribution in [2.24, 2.45) is 0 Å². The van der Waals surface area contributed by atoms with E-state index >= 15 is 0 Å². The molecule has 0 bridgehead atoms. The van der Waals surface area contributed by atoms with Gasteiger partial charge in [-0.15, -0.1) is 0 Å². The van der Waals surface area contributed by atoms with Crippen LogP contribution in [0.5, 0.6) is 0 Å². The van der Waals surface area contributed by atoms with Crippen LogP contribution in [0, 0.1) is 0 Å². The van der Waals surface area contributed by atoms with Crippen LogP contribution in [-0.4, -0.2) is 71.1 Å². The lowest BCUT2D eigenvalue weighted by molar-refractivity contribution is -0.967. The third kappa shape index (κ3) is 2.89. The first kappa shape index (κ1) is 18.5. The Labute approximate surface area is 180 Å². The Morgan fingerprint density at radius 1 is 0.533 bits per heavy atom. The summed E-state index contributed by atoms with van der Waals surface area (Å²) in [4.78, 5) is 5.56. The zero-order valence-corrected chi connectivity index (χ0v) is 18.0. The maximum Gasteiger partial charge on any atom is 0.286 e. The Hall–Kier alpha value is -2.30. The summed E-state index contributed by atoms with van der Waals surface area (Å²) in [5.41, 5.74) is 2.98. The Morgan fingerprint density at radius 2 is 0.967 bits per heavy atom. The predicted octanol–water partition coefficient (Wildman–Crippen LogP) is 3.59. The lowest BCUT2D eigenvalue weighted by atomic mass is 10.00. The lowest BCUT2D eigenvalue weighted by Crippen LogP contribution is -2.72. The highest BCUT2D eigenvalue weighted by Gasteiger charge is 2.57. The van der Waals surface area contributed by atoms with Crippen LogP contribution in [-0.2, 0) is 13.1 Å². The average molecular weight is 403 g/mol. The van der Waals surface area contributed by atoms with Crippen LogP contribution < -0.4 is 0 Å². The summed E-state index contributed by atoms with van der Waals surface area (Å²) in [5, 5.41) is 0. The Morgan fingerprint density at radius 3 is 1.40 bits per heavy atom. The number of nitrogens with zero attached hydrogens (tertiary/aromatic N) is 4. The first-order valence-electron chi connectivity index (χ1n) is 11.8. The van der Waals surface area contributed by atoms with Gasteiger partial charge in [0.15, 0.2) is 0 Å². The average Bonchev–Trinajstić information content (AvgIpc) is 2.79. The molecule has 0 aliphatic carbocycles.